The van der Waals surface area contributed by atoms with Gasteiger partial charge in [-0.1, -0.05) is 11.6 Å². The summed E-state index contributed by atoms with van der Waals surface area (Å²) in [5.74, 6) is 6.61. The monoisotopic (exact) mass is 379 g/mol. The smallest absolute Gasteiger partial charge is 0.410 e. The second-order valence-electron chi connectivity index (χ2n) is 7.19. The number of nitrogen functional groups attached to an aromatic ring is 1. The van der Waals surface area contributed by atoms with Gasteiger partial charge in [0.15, 0.2) is 17.3 Å². The van der Waals surface area contributed by atoms with Crippen LogP contribution < -0.4 is 16.2 Å². The fourth-order valence-corrected chi connectivity index (χ4v) is 2.74. The van der Waals surface area contributed by atoms with Gasteiger partial charge in [-0.15, -0.1) is 0 Å². The van der Waals surface area contributed by atoms with Crippen molar-refractivity contribution in [3.8, 4) is 0 Å². The molecule has 10 heteroatoms. The molecule has 2 aromatic heterocycles. The first kappa shape index (κ1) is 18.4. The second kappa shape index (κ2) is 6.73. The summed E-state index contributed by atoms with van der Waals surface area (Å²) in [6, 6.07) is 1.70. The Morgan fingerprint density at radius 2 is 2.12 bits per heavy atom. The van der Waals surface area contributed by atoms with Crippen molar-refractivity contribution >= 4 is 40.5 Å². The zero-order valence-corrected chi connectivity index (χ0v) is 15.9. The normalized spacial score (nSPS) is 14.9. The van der Waals surface area contributed by atoms with Crippen molar-refractivity contribution in [2.45, 2.75) is 32.4 Å². The number of nitrogens with zero attached hydrogens (tertiary/aromatic N) is 5. The fourth-order valence-electron chi connectivity index (χ4n) is 2.59. The number of hydrogen-bond donors (Lipinski definition) is 2. The highest BCUT2D eigenvalue weighted by molar-refractivity contribution is 6.31. The van der Waals surface area contributed by atoms with Crippen molar-refractivity contribution in [3.63, 3.8) is 0 Å². The number of ether oxygens (including phenoxy) is 1. The summed E-state index contributed by atoms with van der Waals surface area (Å²) < 4.78 is 5.40. The number of aromatic nitrogens is 3. The van der Waals surface area contributed by atoms with Crippen molar-refractivity contribution in [1.82, 2.24) is 19.9 Å². The highest BCUT2D eigenvalue weighted by Gasteiger charge is 2.36. The van der Waals surface area contributed by atoms with Crippen molar-refractivity contribution in [3.05, 3.63) is 17.3 Å². The molecule has 26 heavy (non-hydrogen) atoms. The number of nitrogens with two attached hydrogens (primary N) is 1. The van der Waals surface area contributed by atoms with E-state index in [1.807, 2.05) is 25.7 Å². The molecule has 0 spiro atoms. The van der Waals surface area contributed by atoms with Crippen LogP contribution in [0.4, 0.5) is 16.4 Å². The van der Waals surface area contributed by atoms with Crippen molar-refractivity contribution in [1.29, 1.82) is 0 Å². The third-order valence-electron chi connectivity index (χ3n) is 4.00. The Morgan fingerprint density at radius 3 is 2.73 bits per heavy atom. The SMILES string of the molecule is CN(C(=O)OC(C)(C)C)C1CN(c2nc3ncc(Cl)cc3nc2NN)C1. The van der Waals surface area contributed by atoms with E-state index in [1.54, 1.807) is 18.0 Å². The van der Waals surface area contributed by atoms with Gasteiger partial charge in [0.1, 0.15) is 11.1 Å². The molecule has 1 aliphatic heterocycles. The summed E-state index contributed by atoms with van der Waals surface area (Å²) in [7, 11) is 1.73. The van der Waals surface area contributed by atoms with Gasteiger partial charge in [-0.3, -0.25) is 0 Å². The van der Waals surface area contributed by atoms with E-state index < -0.39 is 5.60 Å². The molecule has 0 bridgehead atoms. The number of fused-ring (bicyclic) bond motifs is 1. The summed E-state index contributed by atoms with van der Waals surface area (Å²) in [5, 5.41) is 0.477. The van der Waals surface area contributed by atoms with Gasteiger partial charge in [0, 0.05) is 26.3 Å². The maximum atomic E-state index is 12.2. The van der Waals surface area contributed by atoms with Gasteiger partial charge >= 0.3 is 6.09 Å². The first-order chi connectivity index (χ1) is 12.2. The van der Waals surface area contributed by atoms with E-state index in [-0.39, 0.29) is 12.1 Å². The lowest BCUT2D eigenvalue weighted by Gasteiger charge is -2.44. The summed E-state index contributed by atoms with van der Waals surface area (Å²) in [5.41, 5.74) is 3.07. The number of nitrogens with one attached hydrogen (secondary N) is 1. The largest absolute Gasteiger partial charge is 0.444 e. The molecule has 9 nitrogen and oxygen atoms in total. The van der Waals surface area contributed by atoms with E-state index in [0.717, 1.165) is 0 Å². The van der Waals surface area contributed by atoms with E-state index in [0.29, 0.717) is 40.9 Å². The number of likely N-dealkylation sites (N-methyl/N-ethyl adjacent to an activating group) is 1. The molecule has 0 saturated carbocycles. The molecule has 0 aromatic carbocycles. The summed E-state index contributed by atoms with van der Waals surface area (Å²) in [4.78, 5) is 28.9. The number of anilines is 2. The van der Waals surface area contributed by atoms with Gasteiger partial charge in [0.25, 0.3) is 0 Å². The predicted octanol–water partition coefficient (Wildman–Crippen LogP) is 2.02. The highest BCUT2D eigenvalue weighted by atomic mass is 35.5. The molecule has 1 fully saturated rings. The average Bonchev–Trinajstić information content (AvgIpc) is 2.51. The van der Waals surface area contributed by atoms with Crippen molar-refractivity contribution in [2.75, 3.05) is 30.5 Å². The van der Waals surface area contributed by atoms with Gasteiger partial charge in [-0.25, -0.2) is 25.6 Å². The Hall–Kier alpha value is -2.39. The number of carbonyl (C=O) groups excluding carboxylic acids is 1. The van der Waals surface area contributed by atoms with Crippen LogP contribution in [0.2, 0.25) is 5.02 Å². The Morgan fingerprint density at radius 1 is 1.42 bits per heavy atom. The third kappa shape index (κ3) is 3.73. The zero-order valence-electron chi connectivity index (χ0n) is 15.2. The first-order valence-electron chi connectivity index (χ1n) is 8.18. The minimum atomic E-state index is -0.526. The van der Waals surface area contributed by atoms with Gasteiger partial charge in [-0.2, -0.15) is 0 Å². The van der Waals surface area contributed by atoms with Crippen molar-refractivity contribution < 1.29 is 9.53 Å². The maximum Gasteiger partial charge on any atom is 0.410 e. The number of carbonyl (C=O) groups is 1. The molecule has 2 aromatic rings. The molecule has 0 atom stereocenters. The van der Waals surface area contributed by atoms with Crippen molar-refractivity contribution in [2.24, 2.45) is 5.84 Å². The topological polar surface area (TPSA) is 110 Å². The lowest BCUT2D eigenvalue weighted by Crippen LogP contribution is -2.60. The van der Waals surface area contributed by atoms with E-state index in [9.17, 15) is 4.79 Å². The number of hydrazine groups is 1. The molecule has 0 aliphatic carbocycles. The Balaban J connectivity index is 1.74. The second-order valence-corrected chi connectivity index (χ2v) is 7.62. The van der Waals surface area contributed by atoms with Crippen LogP contribution in [0.5, 0.6) is 0 Å². The molecule has 0 unspecified atom stereocenters. The predicted molar refractivity (Wildman–Crippen MR) is 100 cm³/mol. The Kier molecular flexibility index (Phi) is 4.76. The Labute approximate surface area is 156 Å². The highest BCUT2D eigenvalue weighted by Crippen LogP contribution is 2.29. The van der Waals surface area contributed by atoms with Crippen LogP contribution in [-0.4, -0.2) is 57.7 Å². The van der Waals surface area contributed by atoms with Gasteiger partial charge in [0.05, 0.1) is 11.1 Å². The molecule has 0 radical (unpaired) electrons. The first-order valence-corrected chi connectivity index (χ1v) is 8.56. The summed E-state index contributed by atoms with van der Waals surface area (Å²) in [6.45, 7) is 6.72. The van der Waals surface area contributed by atoms with Crippen LogP contribution >= 0.6 is 11.6 Å². The van der Waals surface area contributed by atoms with Crippen LogP contribution in [0.3, 0.4) is 0 Å². The molecular weight excluding hydrogens is 358 g/mol. The number of amides is 1. The molecule has 1 saturated heterocycles. The van der Waals surface area contributed by atoms with Crippen LogP contribution in [-0.2, 0) is 4.74 Å². The number of rotatable bonds is 3. The minimum absolute atomic E-state index is 0.0196. The lowest BCUT2D eigenvalue weighted by molar-refractivity contribution is 0.0196. The molecule has 3 rings (SSSR count). The standard InChI is InChI=1S/C16H22ClN7O2/c1-16(2,3)26-15(25)23(4)10-7-24(8-10)14-13(22-18)20-11-5-9(17)6-19-12(11)21-14/h5-6,10H,7-8,18H2,1-4H3,(H,20,22). The number of halogens is 1. The van der Waals surface area contributed by atoms with Crippen LogP contribution in [0.25, 0.3) is 11.2 Å². The van der Waals surface area contributed by atoms with E-state index >= 15 is 0 Å². The number of hydrogen-bond acceptors (Lipinski definition) is 8. The summed E-state index contributed by atoms with van der Waals surface area (Å²) in [6.07, 6.45) is 1.17. The molecular formula is C16H22ClN7O2. The quantitative estimate of drug-likeness (QED) is 0.615. The van der Waals surface area contributed by atoms with Gasteiger partial charge in [-0.05, 0) is 26.8 Å². The van der Waals surface area contributed by atoms with Crippen LogP contribution in [0, 0.1) is 0 Å². The van der Waals surface area contributed by atoms with Crippen LogP contribution in [0.15, 0.2) is 12.3 Å². The molecule has 3 heterocycles. The molecule has 1 amide bonds. The molecule has 3 N–H and O–H groups in total. The number of pyridine rings is 1. The fraction of sp³-hybridized carbons (Fsp3) is 0.500. The minimum Gasteiger partial charge on any atom is -0.444 e. The van der Waals surface area contributed by atoms with Gasteiger partial charge in [0.2, 0.25) is 0 Å². The van der Waals surface area contributed by atoms with Gasteiger partial charge < -0.3 is 20.0 Å². The third-order valence-corrected chi connectivity index (χ3v) is 4.20. The maximum absolute atomic E-state index is 12.2. The molecule has 1 aliphatic rings. The van der Waals surface area contributed by atoms with E-state index in [4.69, 9.17) is 22.2 Å². The Bertz CT molecular complexity index is 833. The zero-order chi connectivity index (χ0) is 19.1. The summed E-state index contributed by atoms with van der Waals surface area (Å²) >= 11 is 5.94. The van der Waals surface area contributed by atoms with E-state index in [2.05, 4.69) is 20.4 Å². The average molecular weight is 380 g/mol. The van der Waals surface area contributed by atoms with E-state index in [1.165, 1.54) is 6.20 Å². The lowest BCUT2D eigenvalue weighted by atomic mass is 10.1. The molecule has 140 valence electrons. The van der Waals surface area contributed by atoms with Crippen LogP contribution in [0.1, 0.15) is 20.8 Å².